The van der Waals surface area contributed by atoms with Gasteiger partial charge in [-0.15, -0.1) is 0 Å². The molecule has 0 aliphatic carbocycles. The smallest absolute Gasteiger partial charge is 0.251 e. The lowest BCUT2D eigenvalue weighted by Crippen LogP contribution is -2.50. The maximum atomic E-state index is 12.1. The highest BCUT2D eigenvalue weighted by atomic mass is 16.3. The van der Waals surface area contributed by atoms with E-state index in [-0.39, 0.29) is 17.7 Å². The Kier molecular flexibility index (Phi) is 5.54. The van der Waals surface area contributed by atoms with Gasteiger partial charge in [0, 0.05) is 24.5 Å². The Balaban J connectivity index is 1.65. The molecule has 1 amide bonds. The van der Waals surface area contributed by atoms with Gasteiger partial charge in [0.1, 0.15) is 17.2 Å². The van der Waals surface area contributed by atoms with E-state index in [1.165, 1.54) is 13.8 Å². The molecular formula is C24H28N4O3. The van der Waals surface area contributed by atoms with Crippen LogP contribution >= 0.6 is 0 Å². The Morgan fingerprint density at radius 1 is 1.13 bits per heavy atom. The first-order chi connectivity index (χ1) is 14.7. The van der Waals surface area contributed by atoms with Crippen LogP contribution in [0.4, 0.5) is 5.82 Å². The molecule has 0 atom stereocenters. The number of aromatic nitrogens is 2. The zero-order valence-electron chi connectivity index (χ0n) is 18.1. The summed E-state index contributed by atoms with van der Waals surface area (Å²) in [6.07, 6.45) is 1.51. The number of aryl methyl sites for hydroxylation is 1. The third-order valence-corrected chi connectivity index (χ3v) is 5.66. The largest absolute Gasteiger partial charge is 0.507 e. The topological polar surface area (TPSA) is 98.6 Å². The maximum absolute atomic E-state index is 12.1. The lowest BCUT2D eigenvalue weighted by atomic mass is 10.0. The second-order valence-electron chi connectivity index (χ2n) is 8.70. The summed E-state index contributed by atoms with van der Waals surface area (Å²) in [4.78, 5) is 23.9. The molecule has 2 heterocycles. The van der Waals surface area contributed by atoms with Crippen molar-refractivity contribution in [1.29, 1.82) is 0 Å². The molecule has 1 saturated heterocycles. The van der Waals surface area contributed by atoms with Gasteiger partial charge in [0.25, 0.3) is 5.91 Å². The van der Waals surface area contributed by atoms with Crippen molar-refractivity contribution < 1.29 is 15.0 Å². The number of amides is 1. The molecule has 0 bridgehead atoms. The number of hydrogen-bond acceptors (Lipinski definition) is 6. The third-order valence-electron chi connectivity index (χ3n) is 5.66. The monoisotopic (exact) mass is 420 g/mol. The van der Waals surface area contributed by atoms with Gasteiger partial charge in [-0.1, -0.05) is 18.2 Å². The molecule has 7 nitrogen and oxygen atoms in total. The van der Waals surface area contributed by atoms with Gasteiger partial charge in [0.2, 0.25) is 0 Å². The van der Waals surface area contributed by atoms with Gasteiger partial charge in [0.05, 0.1) is 11.1 Å². The van der Waals surface area contributed by atoms with Crippen LogP contribution < -0.4 is 10.2 Å². The number of phenolic OH excluding ortho intramolecular Hbond substituents is 1. The molecule has 1 aliphatic rings. The normalized spacial score (nSPS) is 15.3. The fraction of sp³-hybridized carbons (Fsp3) is 0.375. The molecule has 2 aromatic carbocycles. The SMILES string of the molecule is Cc1ccc2c(N3CCC(NC(=O)C(C)(C)O)CC3)nc(-c3ccccc3O)nc2c1. The number of anilines is 1. The molecule has 3 N–H and O–H groups in total. The van der Waals surface area contributed by atoms with Crippen molar-refractivity contribution in [3.05, 3.63) is 48.0 Å². The van der Waals surface area contributed by atoms with Crippen LogP contribution in [-0.2, 0) is 4.79 Å². The summed E-state index contributed by atoms with van der Waals surface area (Å²) in [6.45, 7) is 6.45. The summed E-state index contributed by atoms with van der Waals surface area (Å²) >= 11 is 0. The zero-order valence-corrected chi connectivity index (χ0v) is 18.1. The number of carbonyl (C=O) groups excluding carboxylic acids is 1. The molecule has 0 spiro atoms. The highest BCUT2D eigenvalue weighted by Crippen LogP contribution is 2.33. The Morgan fingerprint density at radius 2 is 1.84 bits per heavy atom. The van der Waals surface area contributed by atoms with Gasteiger partial charge in [-0.25, -0.2) is 9.97 Å². The van der Waals surface area contributed by atoms with Crippen molar-refractivity contribution in [2.24, 2.45) is 0 Å². The number of aromatic hydroxyl groups is 1. The van der Waals surface area contributed by atoms with E-state index in [1.807, 2.05) is 37.3 Å². The first-order valence-electron chi connectivity index (χ1n) is 10.6. The Morgan fingerprint density at radius 3 is 2.52 bits per heavy atom. The quantitative estimate of drug-likeness (QED) is 0.600. The third kappa shape index (κ3) is 4.46. The van der Waals surface area contributed by atoms with E-state index in [0.717, 1.165) is 48.2 Å². The van der Waals surface area contributed by atoms with E-state index in [2.05, 4.69) is 10.2 Å². The molecule has 1 fully saturated rings. The van der Waals surface area contributed by atoms with Gasteiger partial charge in [-0.2, -0.15) is 0 Å². The number of para-hydroxylation sites is 1. The number of nitrogens with one attached hydrogen (secondary N) is 1. The summed E-state index contributed by atoms with van der Waals surface area (Å²) in [5.74, 6) is 1.11. The number of rotatable bonds is 4. The molecular weight excluding hydrogens is 392 g/mol. The first-order valence-corrected chi connectivity index (χ1v) is 10.6. The number of phenols is 1. The first kappa shape index (κ1) is 21.1. The Hall–Kier alpha value is -3.19. The minimum atomic E-state index is -1.38. The minimum absolute atomic E-state index is 0.0168. The number of benzene rings is 2. The van der Waals surface area contributed by atoms with Crippen LogP contribution in [0.2, 0.25) is 0 Å². The van der Waals surface area contributed by atoms with Crippen LogP contribution in [0.25, 0.3) is 22.3 Å². The highest BCUT2D eigenvalue weighted by molar-refractivity contribution is 5.92. The van der Waals surface area contributed by atoms with Gasteiger partial charge >= 0.3 is 0 Å². The van der Waals surface area contributed by atoms with Crippen LogP contribution in [0, 0.1) is 6.92 Å². The number of nitrogens with zero attached hydrogens (tertiary/aromatic N) is 3. The van der Waals surface area contributed by atoms with E-state index in [9.17, 15) is 15.0 Å². The van der Waals surface area contributed by atoms with E-state index < -0.39 is 5.60 Å². The molecule has 0 saturated carbocycles. The lowest BCUT2D eigenvalue weighted by Gasteiger charge is -2.34. The van der Waals surface area contributed by atoms with Gasteiger partial charge in [-0.05, 0) is 63.4 Å². The minimum Gasteiger partial charge on any atom is -0.507 e. The van der Waals surface area contributed by atoms with Crippen LogP contribution in [0.3, 0.4) is 0 Å². The van der Waals surface area contributed by atoms with Crippen molar-refractivity contribution in [3.8, 4) is 17.1 Å². The molecule has 3 aromatic rings. The fourth-order valence-corrected chi connectivity index (χ4v) is 3.84. The summed E-state index contributed by atoms with van der Waals surface area (Å²) < 4.78 is 0. The van der Waals surface area contributed by atoms with Gasteiger partial charge in [-0.3, -0.25) is 4.79 Å². The number of hydrogen-bond donors (Lipinski definition) is 3. The number of carbonyl (C=O) groups is 1. The van der Waals surface area contributed by atoms with Crippen LogP contribution in [0.1, 0.15) is 32.3 Å². The molecule has 162 valence electrons. The maximum Gasteiger partial charge on any atom is 0.251 e. The van der Waals surface area contributed by atoms with E-state index >= 15 is 0 Å². The van der Waals surface area contributed by atoms with E-state index in [0.29, 0.717) is 11.4 Å². The zero-order chi connectivity index (χ0) is 22.2. The Bertz CT molecular complexity index is 1120. The average Bonchev–Trinajstić information content (AvgIpc) is 2.73. The van der Waals surface area contributed by atoms with Crippen molar-refractivity contribution in [1.82, 2.24) is 15.3 Å². The van der Waals surface area contributed by atoms with Gasteiger partial charge in [0.15, 0.2) is 5.82 Å². The lowest BCUT2D eigenvalue weighted by molar-refractivity contribution is -0.137. The highest BCUT2D eigenvalue weighted by Gasteiger charge is 2.29. The van der Waals surface area contributed by atoms with Crippen molar-refractivity contribution in [2.75, 3.05) is 18.0 Å². The fourth-order valence-electron chi connectivity index (χ4n) is 3.84. The molecule has 7 heteroatoms. The second kappa shape index (κ2) is 8.15. The number of fused-ring (bicyclic) bond motifs is 1. The van der Waals surface area contributed by atoms with Crippen LogP contribution in [-0.4, -0.2) is 50.8 Å². The molecule has 1 aliphatic heterocycles. The molecule has 4 rings (SSSR count). The Labute approximate surface area is 181 Å². The molecule has 0 unspecified atom stereocenters. The predicted octanol–water partition coefficient (Wildman–Crippen LogP) is 3.17. The summed E-state index contributed by atoms with van der Waals surface area (Å²) in [6, 6.07) is 13.2. The van der Waals surface area contributed by atoms with Crippen molar-refractivity contribution in [3.63, 3.8) is 0 Å². The number of aliphatic hydroxyl groups is 1. The van der Waals surface area contributed by atoms with Crippen LogP contribution in [0.15, 0.2) is 42.5 Å². The average molecular weight is 421 g/mol. The predicted molar refractivity (Wildman–Crippen MR) is 121 cm³/mol. The van der Waals surface area contributed by atoms with Crippen LogP contribution in [0.5, 0.6) is 5.75 Å². The second-order valence-corrected chi connectivity index (χ2v) is 8.70. The summed E-state index contributed by atoms with van der Waals surface area (Å²) in [5.41, 5.74) is 1.15. The van der Waals surface area contributed by atoms with Gasteiger partial charge < -0.3 is 20.4 Å². The standard InChI is InChI=1S/C24H28N4O3/c1-15-8-9-17-19(14-15)26-21(18-6-4-5-7-20(18)29)27-22(17)28-12-10-16(11-13-28)25-23(30)24(2,3)31/h4-9,14,16,29,31H,10-13H2,1-3H3,(H,25,30). The molecule has 0 radical (unpaired) electrons. The summed E-state index contributed by atoms with van der Waals surface area (Å²) in [7, 11) is 0. The molecule has 1 aromatic heterocycles. The summed E-state index contributed by atoms with van der Waals surface area (Å²) in [5, 5.41) is 24.1. The van der Waals surface area contributed by atoms with Crippen molar-refractivity contribution in [2.45, 2.75) is 45.3 Å². The van der Waals surface area contributed by atoms with E-state index in [4.69, 9.17) is 9.97 Å². The molecule has 31 heavy (non-hydrogen) atoms. The number of piperidine rings is 1. The van der Waals surface area contributed by atoms with E-state index in [1.54, 1.807) is 12.1 Å². The van der Waals surface area contributed by atoms with Crippen molar-refractivity contribution >= 4 is 22.6 Å².